The molecule has 104 valence electrons. The molecule has 1 aliphatic rings. The van der Waals surface area contributed by atoms with Crippen LogP contribution in [-0.2, 0) is 14.6 Å². The van der Waals surface area contributed by atoms with Crippen LogP contribution < -0.4 is 0 Å². The van der Waals surface area contributed by atoms with Gasteiger partial charge in [0.2, 0.25) is 10.4 Å². The van der Waals surface area contributed by atoms with Crippen molar-refractivity contribution in [2.24, 2.45) is 0 Å². The molecule has 1 fully saturated rings. The van der Waals surface area contributed by atoms with Crippen molar-refractivity contribution in [3.63, 3.8) is 0 Å². The van der Waals surface area contributed by atoms with Gasteiger partial charge in [-0.3, -0.25) is 9.08 Å². The molecule has 0 aliphatic carbocycles. The van der Waals surface area contributed by atoms with E-state index in [2.05, 4.69) is 23.2 Å². The molecule has 0 saturated carbocycles. The lowest BCUT2D eigenvalue weighted by atomic mass is 10.3. The van der Waals surface area contributed by atoms with E-state index in [0.29, 0.717) is 6.61 Å². The summed E-state index contributed by atoms with van der Waals surface area (Å²) >= 11 is 0. The van der Waals surface area contributed by atoms with Gasteiger partial charge < -0.3 is 14.1 Å². The first kappa shape index (κ1) is 16.8. The maximum atomic E-state index is 9.22. The van der Waals surface area contributed by atoms with Gasteiger partial charge in [0.05, 0.1) is 40.9 Å². The summed E-state index contributed by atoms with van der Waals surface area (Å²) in [5.74, 6) is 0. The summed E-state index contributed by atoms with van der Waals surface area (Å²) in [6.07, 6.45) is 0. The van der Waals surface area contributed by atoms with Gasteiger partial charge in [0, 0.05) is 19.6 Å². The van der Waals surface area contributed by atoms with E-state index in [-0.39, 0.29) is 0 Å². The molecule has 1 saturated heterocycles. The topological polar surface area (TPSA) is 89.9 Å². The van der Waals surface area contributed by atoms with Crippen LogP contribution in [0.5, 0.6) is 0 Å². The fourth-order valence-corrected chi connectivity index (χ4v) is 1.41. The maximum absolute atomic E-state index is 9.22. The van der Waals surface area contributed by atoms with Crippen LogP contribution in [0.3, 0.4) is 0 Å². The number of aliphatic hydroxyl groups is 1. The summed E-state index contributed by atoms with van der Waals surface area (Å²) in [6.45, 7) is 5.83. The lowest BCUT2D eigenvalue weighted by Crippen LogP contribution is -2.55. The minimum atomic E-state index is -4.41. The Balaban J connectivity index is 0.000000366. The molecule has 0 aromatic rings. The average molecular weight is 270 g/mol. The van der Waals surface area contributed by atoms with Crippen LogP contribution in [0.25, 0.3) is 0 Å². The molecule has 1 rings (SSSR count). The number of nitrogens with zero attached hydrogens (tertiary/aromatic N) is 2. The number of quaternary nitrogens is 1. The van der Waals surface area contributed by atoms with Gasteiger partial charge in [-0.05, 0) is 0 Å². The molecule has 0 spiro atoms. The maximum Gasteiger partial charge on any atom is 0.217 e. The molecule has 1 N–H and O–H groups in total. The van der Waals surface area contributed by atoms with Crippen molar-refractivity contribution in [2.45, 2.75) is 0 Å². The Morgan fingerprint density at radius 2 is 1.76 bits per heavy atom. The van der Waals surface area contributed by atoms with Crippen LogP contribution in [-0.4, -0.2) is 88.0 Å². The molecule has 1 heterocycles. The predicted octanol–water partition coefficient (Wildman–Crippen LogP) is -1.54. The highest BCUT2D eigenvalue weighted by Crippen LogP contribution is 2.05. The summed E-state index contributed by atoms with van der Waals surface area (Å²) in [5, 5.41) is 8.70. The third kappa shape index (κ3) is 9.45. The summed E-state index contributed by atoms with van der Waals surface area (Å²) < 4.78 is 32.1. The van der Waals surface area contributed by atoms with Crippen LogP contribution >= 0.6 is 0 Å². The normalized spacial score (nSPS) is 20.5. The zero-order valence-electron chi connectivity index (χ0n) is 10.6. The number of hydrogen-bond donors (Lipinski definition) is 1. The van der Waals surface area contributed by atoms with E-state index in [0.717, 1.165) is 31.2 Å². The second-order valence-electron chi connectivity index (χ2n) is 4.52. The van der Waals surface area contributed by atoms with Crippen molar-refractivity contribution in [1.82, 2.24) is 4.90 Å². The average Bonchev–Trinajstić information content (AvgIpc) is 2.21. The highest BCUT2D eigenvalue weighted by atomic mass is 32.3. The van der Waals surface area contributed by atoms with Crippen LogP contribution in [0.2, 0.25) is 0 Å². The van der Waals surface area contributed by atoms with Gasteiger partial charge in [0.15, 0.2) is 0 Å². The fraction of sp³-hybridized carbons (Fsp3) is 1.00. The molecule has 0 radical (unpaired) electrons. The van der Waals surface area contributed by atoms with Gasteiger partial charge in [-0.15, -0.1) is 0 Å². The summed E-state index contributed by atoms with van der Waals surface area (Å²) in [7, 11) is 0.916. The SMILES string of the molecule is COS(=O)(=O)[O-].C[N+]1(C)CCN(CCO)CC1. The Hall–Kier alpha value is -0.250. The van der Waals surface area contributed by atoms with Crippen molar-refractivity contribution in [2.75, 3.05) is 60.5 Å². The highest BCUT2D eigenvalue weighted by Gasteiger charge is 2.23. The molecule has 7 nitrogen and oxygen atoms in total. The third-order valence-corrected chi connectivity index (χ3v) is 3.07. The first-order valence-corrected chi connectivity index (χ1v) is 6.70. The standard InChI is InChI=1S/C8H19N2O.CH4O4S/c1-10(2)6-3-9(4-7-10)5-8-11;1-5-6(2,3)4/h11H,3-8H2,1-2H3;1H3,(H,2,3,4)/q+1;/p-1. The Labute approximate surface area is 103 Å². The molecule has 0 unspecified atom stereocenters. The molecule has 0 aromatic carbocycles. The van der Waals surface area contributed by atoms with Gasteiger partial charge in [-0.25, -0.2) is 8.42 Å². The van der Waals surface area contributed by atoms with Crippen LogP contribution in [0.4, 0.5) is 0 Å². The number of likely N-dealkylation sites (N-methyl/N-ethyl adjacent to an activating group) is 1. The predicted molar refractivity (Wildman–Crippen MR) is 62.1 cm³/mol. The molecule has 1 aliphatic heterocycles. The molecule has 17 heavy (non-hydrogen) atoms. The molecule has 0 amide bonds. The minimum Gasteiger partial charge on any atom is -0.726 e. The molecule has 8 heteroatoms. The molecule has 0 atom stereocenters. The van der Waals surface area contributed by atoms with E-state index < -0.39 is 10.4 Å². The van der Waals surface area contributed by atoms with Crippen molar-refractivity contribution in [3.8, 4) is 0 Å². The van der Waals surface area contributed by atoms with Crippen molar-refractivity contribution in [1.29, 1.82) is 0 Å². The highest BCUT2D eigenvalue weighted by molar-refractivity contribution is 7.80. The Morgan fingerprint density at radius 1 is 1.35 bits per heavy atom. The van der Waals surface area contributed by atoms with Crippen LogP contribution in [0.1, 0.15) is 0 Å². The molecule has 0 bridgehead atoms. The number of hydrogen-bond acceptors (Lipinski definition) is 6. The molecule has 0 aromatic heterocycles. The minimum absolute atomic E-state index is 0.299. The van der Waals surface area contributed by atoms with E-state index in [1.807, 2.05) is 0 Å². The van der Waals surface area contributed by atoms with E-state index in [1.54, 1.807) is 0 Å². The van der Waals surface area contributed by atoms with Crippen molar-refractivity contribution >= 4 is 10.4 Å². The Kier molecular flexibility index (Phi) is 7.14. The van der Waals surface area contributed by atoms with E-state index in [1.165, 1.54) is 13.1 Å². The van der Waals surface area contributed by atoms with Gasteiger partial charge >= 0.3 is 0 Å². The number of aliphatic hydroxyl groups excluding tert-OH is 1. The number of rotatable bonds is 3. The Morgan fingerprint density at radius 3 is 2.06 bits per heavy atom. The lowest BCUT2D eigenvalue weighted by Gasteiger charge is -2.38. The number of β-amino-alcohol motifs (C(OH)–C–C–N with tert-alkyl or cyclic N) is 1. The monoisotopic (exact) mass is 270 g/mol. The summed E-state index contributed by atoms with van der Waals surface area (Å²) in [6, 6.07) is 0. The van der Waals surface area contributed by atoms with Gasteiger partial charge in [0.1, 0.15) is 0 Å². The zero-order chi connectivity index (χ0) is 13.5. The first-order valence-electron chi connectivity index (χ1n) is 5.37. The number of piperazine rings is 1. The quantitative estimate of drug-likeness (QED) is 0.380. The Bertz CT molecular complexity index is 295. The third-order valence-electron chi connectivity index (χ3n) is 2.66. The summed E-state index contributed by atoms with van der Waals surface area (Å²) in [5.41, 5.74) is 0. The van der Waals surface area contributed by atoms with Gasteiger partial charge in [-0.1, -0.05) is 0 Å². The second-order valence-corrected chi connectivity index (χ2v) is 5.67. The van der Waals surface area contributed by atoms with E-state index in [4.69, 9.17) is 5.11 Å². The molecular formula is C9H22N2O5S. The smallest absolute Gasteiger partial charge is 0.217 e. The van der Waals surface area contributed by atoms with Crippen molar-refractivity contribution in [3.05, 3.63) is 0 Å². The summed E-state index contributed by atoms with van der Waals surface area (Å²) in [4.78, 5) is 2.32. The van der Waals surface area contributed by atoms with Crippen LogP contribution in [0.15, 0.2) is 0 Å². The largest absolute Gasteiger partial charge is 0.726 e. The fourth-order valence-electron chi connectivity index (χ4n) is 1.41. The van der Waals surface area contributed by atoms with Gasteiger partial charge in [0.25, 0.3) is 0 Å². The lowest BCUT2D eigenvalue weighted by molar-refractivity contribution is -0.894. The second kappa shape index (κ2) is 7.24. The first-order chi connectivity index (χ1) is 7.70. The van der Waals surface area contributed by atoms with Crippen molar-refractivity contribution < 1.29 is 26.7 Å². The van der Waals surface area contributed by atoms with E-state index >= 15 is 0 Å². The zero-order valence-corrected chi connectivity index (χ0v) is 11.4. The van der Waals surface area contributed by atoms with Gasteiger partial charge in [-0.2, -0.15) is 0 Å². The van der Waals surface area contributed by atoms with Crippen LogP contribution in [0, 0.1) is 0 Å². The van der Waals surface area contributed by atoms with E-state index in [9.17, 15) is 13.0 Å². The molecular weight excluding hydrogens is 248 g/mol.